The smallest absolute Gasteiger partial charge is 0.152 e. The highest BCUT2D eigenvalue weighted by atomic mass is 35.5. The number of halogens is 1. The van der Waals surface area contributed by atoms with E-state index >= 15 is 0 Å². The second-order valence-corrected chi connectivity index (χ2v) is 6.77. The Morgan fingerprint density at radius 1 is 1.11 bits per heavy atom. The molecule has 4 heteroatoms. The third-order valence-corrected chi connectivity index (χ3v) is 5.04. The highest BCUT2D eigenvalue weighted by molar-refractivity contribution is 7.91. The van der Waals surface area contributed by atoms with Crippen molar-refractivity contribution >= 4 is 22.8 Å². The topological polar surface area (TPSA) is 26.3 Å². The number of piperidine rings is 1. The second kappa shape index (κ2) is 7.39. The van der Waals surface area contributed by atoms with Gasteiger partial charge in [0.15, 0.2) is 4.90 Å². The standard InChI is InChI=1S/C14H20ClNOS/c15-13-5-7-14(8-6-13)18(17)12-4-11-16-9-2-1-3-10-16/h5-8H,1-4,9-12H2. The predicted octanol–water partition coefficient (Wildman–Crippen LogP) is 3.32. The molecule has 0 radical (unpaired) electrons. The molecule has 1 fully saturated rings. The van der Waals surface area contributed by atoms with Crippen LogP contribution in [0.2, 0.25) is 5.02 Å². The lowest BCUT2D eigenvalue weighted by atomic mass is 10.1. The molecule has 1 aromatic rings. The first-order valence-corrected chi connectivity index (χ1v) is 8.32. The highest BCUT2D eigenvalue weighted by Crippen LogP contribution is 2.16. The maximum atomic E-state index is 12.0. The van der Waals surface area contributed by atoms with Gasteiger partial charge in [-0.25, -0.2) is 0 Å². The molecule has 100 valence electrons. The fourth-order valence-corrected chi connectivity index (χ4v) is 3.50. The van der Waals surface area contributed by atoms with Crippen molar-refractivity contribution in [1.82, 2.24) is 4.90 Å². The van der Waals surface area contributed by atoms with Gasteiger partial charge in [0.05, 0.1) is 0 Å². The molecule has 1 aliphatic rings. The van der Waals surface area contributed by atoms with Crippen LogP contribution in [0.4, 0.5) is 0 Å². The highest BCUT2D eigenvalue weighted by Gasteiger charge is 2.13. The largest absolute Gasteiger partial charge is 0.611 e. The van der Waals surface area contributed by atoms with Gasteiger partial charge in [-0.3, -0.25) is 0 Å². The van der Waals surface area contributed by atoms with Crippen molar-refractivity contribution < 1.29 is 4.55 Å². The first kappa shape index (κ1) is 14.2. The first-order chi connectivity index (χ1) is 8.75. The molecular formula is C14H20ClNOS. The molecule has 0 spiro atoms. The van der Waals surface area contributed by atoms with Crippen molar-refractivity contribution in [2.45, 2.75) is 30.6 Å². The van der Waals surface area contributed by atoms with E-state index in [1.54, 1.807) is 12.1 Å². The molecule has 1 unspecified atom stereocenters. The molecule has 1 aliphatic heterocycles. The van der Waals surface area contributed by atoms with Crippen LogP contribution in [0.5, 0.6) is 0 Å². The van der Waals surface area contributed by atoms with Gasteiger partial charge in [0.25, 0.3) is 0 Å². The molecule has 0 saturated carbocycles. The lowest BCUT2D eigenvalue weighted by Crippen LogP contribution is -2.31. The lowest BCUT2D eigenvalue weighted by Gasteiger charge is -2.26. The maximum absolute atomic E-state index is 12.0. The van der Waals surface area contributed by atoms with Crippen LogP contribution in [-0.2, 0) is 11.2 Å². The number of hydrogen-bond acceptors (Lipinski definition) is 2. The molecule has 1 heterocycles. The Balaban J connectivity index is 1.70. The third kappa shape index (κ3) is 4.47. The predicted molar refractivity (Wildman–Crippen MR) is 77.6 cm³/mol. The number of hydrogen-bond donors (Lipinski definition) is 0. The van der Waals surface area contributed by atoms with Crippen LogP contribution in [0.15, 0.2) is 29.2 Å². The molecule has 1 saturated heterocycles. The fraction of sp³-hybridized carbons (Fsp3) is 0.571. The van der Waals surface area contributed by atoms with Crippen molar-refractivity contribution in [2.24, 2.45) is 0 Å². The number of likely N-dealkylation sites (tertiary alicyclic amines) is 1. The normalized spacial score (nSPS) is 18.8. The van der Waals surface area contributed by atoms with E-state index in [1.165, 1.54) is 32.4 Å². The minimum Gasteiger partial charge on any atom is -0.611 e. The maximum Gasteiger partial charge on any atom is 0.152 e. The van der Waals surface area contributed by atoms with Crippen LogP contribution in [0.3, 0.4) is 0 Å². The monoisotopic (exact) mass is 285 g/mol. The average Bonchev–Trinajstić information content (AvgIpc) is 2.40. The summed E-state index contributed by atoms with van der Waals surface area (Å²) in [5.74, 6) is 0.748. The van der Waals surface area contributed by atoms with Crippen LogP contribution in [0.25, 0.3) is 0 Å². The molecule has 2 rings (SSSR count). The third-order valence-electron chi connectivity index (χ3n) is 3.33. The van der Waals surface area contributed by atoms with Gasteiger partial charge in [0.2, 0.25) is 0 Å². The summed E-state index contributed by atoms with van der Waals surface area (Å²) in [5.41, 5.74) is 0. The molecule has 1 atom stereocenters. The number of nitrogens with zero attached hydrogens (tertiary/aromatic N) is 1. The summed E-state index contributed by atoms with van der Waals surface area (Å²) < 4.78 is 12.0. The van der Waals surface area contributed by atoms with Gasteiger partial charge in [0.1, 0.15) is 5.75 Å². The zero-order valence-electron chi connectivity index (χ0n) is 10.6. The number of benzene rings is 1. The Labute approximate surface area is 118 Å². The van der Waals surface area contributed by atoms with Gasteiger partial charge in [-0.2, -0.15) is 0 Å². The summed E-state index contributed by atoms with van der Waals surface area (Å²) in [5, 5.41) is 0.698. The van der Waals surface area contributed by atoms with E-state index in [2.05, 4.69) is 4.90 Å². The van der Waals surface area contributed by atoms with Gasteiger partial charge in [0, 0.05) is 18.0 Å². The van der Waals surface area contributed by atoms with Crippen molar-refractivity contribution in [2.75, 3.05) is 25.4 Å². The average molecular weight is 286 g/mol. The summed E-state index contributed by atoms with van der Waals surface area (Å²) in [7, 11) is 0. The summed E-state index contributed by atoms with van der Waals surface area (Å²) in [4.78, 5) is 3.38. The first-order valence-electron chi connectivity index (χ1n) is 6.62. The molecule has 0 bridgehead atoms. The van der Waals surface area contributed by atoms with Gasteiger partial charge in [-0.15, -0.1) is 0 Å². The van der Waals surface area contributed by atoms with E-state index in [9.17, 15) is 4.55 Å². The van der Waals surface area contributed by atoms with Crippen LogP contribution in [0.1, 0.15) is 25.7 Å². The fourth-order valence-electron chi connectivity index (χ4n) is 2.31. The summed E-state index contributed by atoms with van der Waals surface area (Å²) in [6, 6.07) is 7.33. The van der Waals surface area contributed by atoms with Crippen molar-refractivity contribution in [1.29, 1.82) is 0 Å². The van der Waals surface area contributed by atoms with Gasteiger partial charge < -0.3 is 9.45 Å². The minimum absolute atomic E-state index is 0.698. The molecule has 0 N–H and O–H groups in total. The lowest BCUT2D eigenvalue weighted by molar-refractivity contribution is 0.229. The second-order valence-electron chi connectivity index (χ2n) is 4.76. The number of rotatable bonds is 5. The SMILES string of the molecule is [O-][S+](CCCN1CCCCC1)c1ccc(Cl)cc1. The van der Waals surface area contributed by atoms with Crippen molar-refractivity contribution in [3.05, 3.63) is 29.3 Å². The van der Waals surface area contributed by atoms with E-state index in [4.69, 9.17) is 11.6 Å². The molecule has 0 amide bonds. The minimum atomic E-state index is -0.881. The molecular weight excluding hydrogens is 266 g/mol. The summed E-state index contributed by atoms with van der Waals surface area (Å²) in [6.45, 7) is 3.51. The molecule has 2 nitrogen and oxygen atoms in total. The molecule has 0 aliphatic carbocycles. The van der Waals surface area contributed by atoms with Gasteiger partial charge in [-0.1, -0.05) is 18.0 Å². The Kier molecular flexibility index (Phi) is 5.83. The summed E-state index contributed by atoms with van der Waals surface area (Å²) in [6.07, 6.45) is 5.02. The summed E-state index contributed by atoms with van der Waals surface area (Å²) >= 11 is 4.94. The Morgan fingerprint density at radius 3 is 2.44 bits per heavy atom. The van der Waals surface area contributed by atoms with E-state index in [0.717, 1.165) is 23.6 Å². The quantitative estimate of drug-likeness (QED) is 0.776. The molecule has 18 heavy (non-hydrogen) atoms. The van der Waals surface area contributed by atoms with Crippen molar-refractivity contribution in [3.8, 4) is 0 Å². The van der Waals surface area contributed by atoms with Gasteiger partial charge in [-0.05, 0) is 61.4 Å². The van der Waals surface area contributed by atoms with E-state index in [1.807, 2.05) is 12.1 Å². The Hall–Kier alpha value is -0.220. The molecule has 0 aromatic heterocycles. The Bertz CT molecular complexity index is 351. The van der Waals surface area contributed by atoms with Crippen LogP contribution >= 0.6 is 11.6 Å². The zero-order chi connectivity index (χ0) is 12.8. The van der Waals surface area contributed by atoms with Crippen molar-refractivity contribution in [3.63, 3.8) is 0 Å². The Morgan fingerprint density at radius 2 is 1.78 bits per heavy atom. The van der Waals surface area contributed by atoms with E-state index in [-0.39, 0.29) is 0 Å². The van der Waals surface area contributed by atoms with E-state index < -0.39 is 11.2 Å². The van der Waals surface area contributed by atoms with Crippen LogP contribution < -0.4 is 0 Å². The van der Waals surface area contributed by atoms with Crippen LogP contribution in [0, 0.1) is 0 Å². The molecule has 1 aromatic carbocycles. The van der Waals surface area contributed by atoms with Crippen LogP contribution in [-0.4, -0.2) is 34.8 Å². The zero-order valence-corrected chi connectivity index (χ0v) is 12.2. The van der Waals surface area contributed by atoms with Gasteiger partial charge >= 0.3 is 0 Å². The van der Waals surface area contributed by atoms with E-state index in [0.29, 0.717) is 5.02 Å².